The first kappa shape index (κ1) is 9.85. The van der Waals surface area contributed by atoms with Crippen LogP contribution in [0.25, 0.3) is 0 Å². The van der Waals surface area contributed by atoms with Gasteiger partial charge in [-0.25, -0.2) is 0 Å². The van der Waals surface area contributed by atoms with Crippen LogP contribution in [-0.2, 0) is 0 Å². The zero-order chi connectivity index (χ0) is 10.2. The number of ether oxygens (including phenoxy) is 1. The first-order valence-corrected chi connectivity index (χ1v) is 5.51. The number of hydrogen-bond donors (Lipinski definition) is 0. The van der Waals surface area contributed by atoms with Crippen LogP contribution in [0.15, 0.2) is 18.2 Å². The predicted octanol–water partition coefficient (Wildman–Crippen LogP) is 3.45. The molecule has 0 amide bonds. The molecule has 1 saturated carbocycles. The van der Waals surface area contributed by atoms with Gasteiger partial charge < -0.3 is 4.74 Å². The molecule has 0 radical (unpaired) electrons. The van der Waals surface area contributed by atoms with Crippen LogP contribution in [0.1, 0.15) is 24.0 Å². The lowest BCUT2D eigenvalue weighted by molar-refractivity contribution is 0.201. The Labute approximate surface area is 90.0 Å². The Kier molecular flexibility index (Phi) is 2.44. The van der Waals surface area contributed by atoms with Crippen molar-refractivity contribution in [3.8, 4) is 5.75 Å². The molecule has 2 rings (SSSR count). The molecule has 2 heteroatoms. The highest BCUT2D eigenvalue weighted by Gasteiger charge is 2.45. The lowest BCUT2D eigenvalue weighted by atomic mass is 10.1. The number of rotatable bonds is 3. The monoisotopic (exact) mass is 210 g/mol. The summed E-state index contributed by atoms with van der Waals surface area (Å²) >= 11 is 5.89. The third-order valence-electron chi connectivity index (χ3n) is 2.78. The predicted molar refractivity (Wildman–Crippen MR) is 59.2 cm³/mol. The molecule has 1 aliphatic carbocycles. The Morgan fingerprint density at radius 2 is 1.86 bits per heavy atom. The van der Waals surface area contributed by atoms with E-state index in [0.717, 1.165) is 18.6 Å². The minimum absolute atomic E-state index is 0.0571. The fourth-order valence-electron chi connectivity index (χ4n) is 1.58. The maximum atomic E-state index is 5.99. The molecule has 76 valence electrons. The van der Waals surface area contributed by atoms with Crippen LogP contribution >= 0.6 is 11.6 Å². The number of aryl methyl sites for hydroxylation is 2. The smallest absolute Gasteiger partial charge is 0.126 e. The molecule has 1 aromatic rings. The second-order valence-electron chi connectivity index (χ2n) is 4.14. The summed E-state index contributed by atoms with van der Waals surface area (Å²) < 4.78 is 5.99. The average molecular weight is 211 g/mol. The summed E-state index contributed by atoms with van der Waals surface area (Å²) in [6.45, 7) is 4.15. The summed E-state index contributed by atoms with van der Waals surface area (Å²) in [4.78, 5) is 0. The molecule has 1 nitrogen and oxygen atoms in total. The van der Waals surface area contributed by atoms with Crippen molar-refractivity contribution in [1.29, 1.82) is 0 Å². The van der Waals surface area contributed by atoms with E-state index in [2.05, 4.69) is 32.0 Å². The van der Waals surface area contributed by atoms with Crippen molar-refractivity contribution in [2.45, 2.75) is 32.3 Å². The second-order valence-corrected chi connectivity index (χ2v) is 4.41. The molecule has 1 aromatic carbocycles. The fraction of sp³-hybridized carbons (Fsp3) is 0.500. The van der Waals surface area contributed by atoms with Crippen LogP contribution in [0.3, 0.4) is 0 Å². The van der Waals surface area contributed by atoms with E-state index in [1.807, 2.05) is 0 Å². The van der Waals surface area contributed by atoms with Gasteiger partial charge in [0, 0.05) is 0 Å². The van der Waals surface area contributed by atoms with E-state index in [0.29, 0.717) is 5.88 Å². The van der Waals surface area contributed by atoms with Crippen molar-refractivity contribution in [2.24, 2.45) is 0 Å². The van der Waals surface area contributed by atoms with Crippen LogP contribution in [0.2, 0.25) is 0 Å². The molecule has 0 bridgehead atoms. The molecule has 0 N–H and O–H groups in total. The summed E-state index contributed by atoms with van der Waals surface area (Å²) in [5.74, 6) is 1.62. The largest absolute Gasteiger partial charge is 0.485 e. The van der Waals surface area contributed by atoms with Crippen LogP contribution < -0.4 is 4.74 Å². The lowest BCUT2D eigenvalue weighted by Gasteiger charge is -2.18. The maximum absolute atomic E-state index is 5.99. The molecule has 0 unspecified atom stereocenters. The SMILES string of the molecule is Cc1cccc(C)c1OC1(CCl)CC1. The van der Waals surface area contributed by atoms with Crippen molar-refractivity contribution in [3.05, 3.63) is 29.3 Å². The van der Waals surface area contributed by atoms with Crippen molar-refractivity contribution >= 4 is 11.6 Å². The highest BCUT2D eigenvalue weighted by Crippen LogP contribution is 2.42. The zero-order valence-corrected chi connectivity index (χ0v) is 9.40. The van der Waals surface area contributed by atoms with Gasteiger partial charge in [-0.1, -0.05) is 18.2 Å². The molecule has 1 aliphatic rings. The first-order chi connectivity index (χ1) is 6.67. The Bertz CT molecular complexity index is 322. The van der Waals surface area contributed by atoms with Gasteiger partial charge in [0.15, 0.2) is 0 Å². The minimum atomic E-state index is -0.0571. The zero-order valence-electron chi connectivity index (χ0n) is 8.64. The fourth-order valence-corrected chi connectivity index (χ4v) is 1.90. The second kappa shape index (κ2) is 3.47. The molecular formula is C12H15ClO. The van der Waals surface area contributed by atoms with Crippen LogP contribution in [0.4, 0.5) is 0 Å². The van der Waals surface area contributed by atoms with Gasteiger partial charge in [0.25, 0.3) is 0 Å². The third kappa shape index (κ3) is 1.74. The van der Waals surface area contributed by atoms with E-state index in [1.54, 1.807) is 0 Å². The van der Waals surface area contributed by atoms with Gasteiger partial charge >= 0.3 is 0 Å². The van der Waals surface area contributed by atoms with Crippen molar-refractivity contribution in [2.75, 3.05) is 5.88 Å². The standard InChI is InChI=1S/C12H15ClO/c1-9-4-3-5-10(2)11(9)14-12(8-13)6-7-12/h3-5H,6-8H2,1-2H3. The van der Waals surface area contributed by atoms with E-state index < -0.39 is 0 Å². The third-order valence-corrected chi connectivity index (χ3v) is 3.27. The van der Waals surface area contributed by atoms with Gasteiger partial charge in [-0.2, -0.15) is 0 Å². The van der Waals surface area contributed by atoms with Gasteiger partial charge in [0.2, 0.25) is 0 Å². The highest BCUT2D eigenvalue weighted by molar-refractivity contribution is 6.18. The number of hydrogen-bond acceptors (Lipinski definition) is 1. The Hall–Kier alpha value is -0.690. The number of halogens is 1. The summed E-state index contributed by atoms with van der Waals surface area (Å²) in [5.41, 5.74) is 2.33. The molecule has 0 saturated heterocycles. The van der Waals surface area contributed by atoms with Crippen LogP contribution in [0, 0.1) is 13.8 Å². The van der Waals surface area contributed by atoms with E-state index >= 15 is 0 Å². The minimum Gasteiger partial charge on any atom is -0.485 e. The topological polar surface area (TPSA) is 9.23 Å². The maximum Gasteiger partial charge on any atom is 0.126 e. The van der Waals surface area contributed by atoms with Gasteiger partial charge in [0.05, 0.1) is 5.88 Å². The summed E-state index contributed by atoms with van der Waals surface area (Å²) in [6, 6.07) is 6.21. The number of benzene rings is 1. The van der Waals surface area contributed by atoms with Gasteiger partial charge in [-0.05, 0) is 37.8 Å². The van der Waals surface area contributed by atoms with Crippen molar-refractivity contribution in [3.63, 3.8) is 0 Å². The van der Waals surface area contributed by atoms with Crippen LogP contribution in [0.5, 0.6) is 5.75 Å². The van der Waals surface area contributed by atoms with E-state index in [-0.39, 0.29) is 5.60 Å². The molecule has 0 heterocycles. The van der Waals surface area contributed by atoms with Crippen LogP contribution in [-0.4, -0.2) is 11.5 Å². The molecule has 0 aromatic heterocycles. The van der Waals surface area contributed by atoms with Gasteiger partial charge in [-0.3, -0.25) is 0 Å². The quantitative estimate of drug-likeness (QED) is 0.695. The molecule has 0 atom stereocenters. The average Bonchev–Trinajstić information content (AvgIpc) is 2.93. The number of alkyl halides is 1. The van der Waals surface area contributed by atoms with Gasteiger partial charge in [-0.15, -0.1) is 11.6 Å². The van der Waals surface area contributed by atoms with E-state index in [4.69, 9.17) is 16.3 Å². The lowest BCUT2D eigenvalue weighted by Crippen LogP contribution is -2.20. The molecule has 0 spiro atoms. The Balaban J connectivity index is 2.24. The van der Waals surface area contributed by atoms with E-state index in [1.165, 1.54) is 11.1 Å². The van der Waals surface area contributed by atoms with Crippen molar-refractivity contribution in [1.82, 2.24) is 0 Å². The normalized spacial score (nSPS) is 17.9. The molecule has 14 heavy (non-hydrogen) atoms. The molecule has 0 aliphatic heterocycles. The Morgan fingerprint density at radius 1 is 1.29 bits per heavy atom. The Morgan fingerprint density at radius 3 is 2.29 bits per heavy atom. The number of para-hydroxylation sites is 1. The summed E-state index contributed by atoms with van der Waals surface area (Å²) in [5, 5.41) is 0. The summed E-state index contributed by atoms with van der Waals surface area (Å²) in [6.07, 6.45) is 2.18. The highest BCUT2D eigenvalue weighted by atomic mass is 35.5. The summed E-state index contributed by atoms with van der Waals surface area (Å²) in [7, 11) is 0. The first-order valence-electron chi connectivity index (χ1n) is 4.98. The van der Waals surface area contributed by atoms with Gasteiger partial charge in [0.1, 0.15) is 11.4 Å². The van der Waals surface area contributed by atoms with Crippen molar-refractivity contribution < 1.29 is 4.74 Å². The molecular weight excluding hydrogens is 196 g/mol. The molecule has 1 fully saturated rings. The van der Waals surface area contributed by atoms with E-state index in [9.17, 15) is 0 Å².